The van der Waals surface area contributed by atoms with Crippen LogP contribution in [0.25, 0.3) is 0 Å². The maximum absolute atomic E-state index is 13.2. The summed E-state index contributed by atoms with van der Waals surface area (Å²) in [4.78, 5) is 15.6. The van der Waals surface area contributed by atoms with E-state index in [1.807, 2.05) is 24.3 Å². The number of piperidine rings is 2. The van der Waals surface area contributed by atoms with Crippen molar-refractivity contribution >= 4 is 15.9 Å². The minimum Gasteiger partial charge on any atom is -0.353 e. The number of hydrogen-bond acceptors (Lipinski definition) is 4. The standard InChI is InChI=1S/C27H34FN3O3S/c28-24-7-4-20(5-8-24)19-30-14-12-25(13-15-30)29-27(32)22-10-16-31(17-11-22)35(33,34)26-9-6-21-2-1-3-23(21)18-26/h4-9,18,22,25H,1-3,10-17,19H2,(H,29,32). The van der Waals surface area contributed by atoms with Crippen molar-refractivity contribution in [3.63, 3.8) is 0 Å². The van der Waals surface area contributed by atoms with Gasteiger partial charge in [0.15, 0.2) is 0 Å². The lowest BCUT2D eigenvalue weighted by Gasteiger charge is -2.34. The first-order valence-corrected chi connectivity index (χ1v) is 14.2. The van der Waals surface area contributed by atoms with Crippen LogP contribution in [0.5, 0.6) is 0 Å². The molecule has 1 amide bonds. The van der Waals surface area contributed by atoms with Gasteiger partial charge < -0.3 is 5.32 Å². The predicted octanol–water partition coefficient (Wildman–Crippen LogP) is 3.50. The van der Waals surface area contributed by atoms with Crippen LogP contribution < -0.4 is 5.32 Å². The van der Waals surface area contributed by atoms with Crippen molar-refractivity contribution < 1.29 is 17.6 Å². The van der Waals surface area contributed by atoms with E-state index in [-0.39, 0.29) is 23.7 Å². The SMILES string of the molecule is O=C(NC1CCN(Cc2ccc(F)cc2)CC1)C1CCN(S(=O)(=O)c2ccc3c(c2)CCC3)CC1. The lowest BCUT2D eigenvalue weighted by atomic mass is 9.95. The van der Waals surface area contributed by atoms with E-state index < -0.39 is 10.0 Å². The molecule has 3 aliphatic rings. The first kappa shape index (κ1) is 24.4. The Morgan fingerprint density at radius 1 is 0.914 bits per heavy atom. The van der Waals surface area contributed by atoms with Crippen LogP contribution in [0.4, 0.5) is 4.39 Å². The predicted molar refractivity (Wildman–Crippen MR) is 133 cm³/mol. The molecule has 0 atom stereocenters. The number of nitrogens with zero attached hydrogens (tertiary/aromatic N) is 2. The van der Waals surface area contributed by atoms with Gasteiger partial charge in [-0.15, -0.1) is 0 Å². The van der Waals surface area contributed by atoms with E-state index in [0.717, 1.165) is 62.9 Å². The van der Waals surface area contributed by atoms with Gasteiger partial charge in [-0.1, -0.05) is 18.2 Å². The summed E-state index contributed by atoms with van der Waals surface area (Å²) < 4.78 is 41.0. The zero-order chi connectivity index (χ0) is 24.4. The first-order valence-electron chi connectivity index (χ1n) is 12.8. The molecule has 188 valence electrons. The van der Waals surface area contributed by atoms with Gasteiger partial charge in [-0.3, -0.25) is 9.69 Å². The summed E-state index contributed by atoms with van der Waals surface area (Å²) in [5, 5.41) is 3.21. The van der Waals surface area contributed by atoms with Crippen molar-refractivity contribution in [2.24, 2.45) is 5.92 Å². The Bertz CT molecular complexity index is 1150. The summed E-state index contributed by atoms with van der Waals surface area (Å²) in [6.07, 6.45) is 5.96. The molecule has 2 aliphatic heterocycles. The molecule has 6 nitrogen and oxygen atoms in total. The highest BCUT2D eigenvalue weighted by Gasteiger charge is 2.33. The molecule has 2 saturated heterocycles. The summed E-state index contributed by atoms with van der Waals surface area (Å²) in [7, 11) is -3.52. The van der Waals surface area contributed by atoms with Crippen molar-refractivity contribution in [3.05, 3.63) is 65.0 Å². The van der Waals surface area contributed by atoms with Crippen LogP contribution >= 0.6 is 0 Å². The lowest BCUT2D eigenvalue weighted by molar-refractivity contribution is -0.127. The van der Waals surface area contributed by atoms with Gasteiger partial charge in [-0.2, -0.15) is 4.31 Å². The highest BCUT2D eigenvalue weighted by Crippen LogP contribution is 2.29. The van der Waals surface area contributed by atoms with Crippen molar-refractivity contribution in [1.82, 2.24) is 14.5 Å². The Labute approximate surface area is 207 Å². The second kappa shape index (κ2) is 10.4. The molecule has 2 fully saturated rings. The van der Waals surface area contributed by atoms with Crippen molar-refractivity contribution in [2.75, 3.05) is 26.2 Å². The van der Waals surface area contributed by atoms with Gasteiger partial charge >= 0.3 is 0 Å². The third-order valence-corrected chi connectivity index (χ3v) is 9.68. The summed E-state index contributed by atoms with van der Waals surface area (Å²) in [6.45, 7) is 3.33. The van der Waals surface area contributed by atoms with Gasteiger partial charge in [0.05, 0.1) is 4.90 Å². The number of fused-ring (bicyclic) bond motifs is 1. The van der Waals surface area contributed by atoms with Crippen LogP contribution in [-0.2, 0) is 34.2 Å². The maximum atomic E-state index is 13.2. The third kappa shape index (κ3) is 5.60. The van der Waals surface area contributed by atoms with E-state index in [1.165, 1.54) is 17.7 Å². The van der Waals surface area contributed by atoms with E-state index in [1.54, 1.807) is 10.4 Å². The number of carbonyl (C=O) groups excluding carboxylic acids is 1. The summed E-state index contributed by atoms with van der Waals surface area (Å²) >= 11 is 0. The number of sulfonamides is 1. The molecule has 1 aliphatic carbocycles. The Balaban J connectivity index is 1.08. The van der Waals surface area contributed by atoms with Gasteiger partial charge in [0.25, 0.3) is 0 Å². The molecule has 0 radical (unpaired) electrons. The van der Waals surface area contributed by atoms with Crippen LogP contribution in [0, 0.1) is 11.7 Å². The zero-order valence-corrected chi connectivity index (χ0v) is 20.9. The van der Waals surface area contributed by atoms with E-state index in [9.17, 15) is 17.6 Å². The number of rotatable bonds is 6. The molecule has 2 aromatic rings. The molecule has 1 N–H and O–H groups in total. The molecule has 5 rings (SSSR count). The quantitative estimate of drug-likeness (QED) is 0.661. The highest BCUT2D eigenvalue weighted by atomic mass is 32.2. The zero-order valence-electron chi connectivity index (χ0n) is 20.1. The fraction of sp³-hybridized carbons (Fsp3) is 0.519. The van der Waals surface area contributed by atoms with Gasteiger partial charge in [-0.25, -0.2) is 12.8 Å². The van der Waals surface area contributed by atoms with Crippen LogP contribution in [-0.4, -0.2) is 55.8 Å². The van der Waals surface area contributed by atoms with Crippen LogP contribution in [0.15, 0.2) is 47.4 Å². The van der Waals surface area contributed by atoms with Crippen LogP contribution in [0.3, 0.4) is 0 Å². The van der Waals surface area contributed by atoms with Crippen molar-refractivity contribution in [1.29, 1.82) is 0 Å². The molecular weight excluding hydrogens is 465 g/mol. The maximum Gasteiger partial charge on any atom is 0.243 e. The number of halogens is 1. The Hall–Kier alpha value is -2.29. The van der Waals surface area contributed by atoms with Gasteiger partial charge in [0, 0.05) is 44.7 Å². The smallest absolute Gasteiger partial charge is 0.243 e. The Morgan fingerprint density at radius 2 is 1.60 bits per heavy atom. The second-order valence-electron chi connectivity index (χ2n) is 10.1. The molecular formula is C27H34FN3O3S. The van der Waals surface area contributed by atoms with Gasteiger partial charge in [0.2, 0.25) is 15.9 Å². The highest BCUT2D eigenvalue weighted by molar-refractivity contribution is 7.89. The van der Waals surface area contributed by atoms with Crippen molar-refractivity contribution in [2.45, 2.75) is 62.4 Å². The summed E-state index contributed by atoms with van der Waals surface area (Å²) in [5.41, 5.74) is 3.51. The molecule has 0 unspecified atom stereocenters. The normalized spacial score (nSPS) is 20.6. The monoisotopic (exact) mass is 499 g/mol. The molecule has 0 bridgehead atoms. The minimum atomic E-state index is -3.52. The number of aryl methyl sites for hydroxylation is 2. The average Bonchev–Trinajstić information content (AvgIpc) is 3.35. The van der Waals surface area contributed by atoms with Gasteiger partial charge in [-0.05, 0) is 85.9 Å². The minimum absolute atomic E-state index is 0.0524. The van der Waals surface area contributed by atoms with Crippen LogP contribution in [0.2, 0.25) is 0 Å². The van der Waals surface area contributed by atoms with E-state index in [0.29, 0.717) is 30.8 Å². The fourth-order valence-electron chi connectivity index (χ4n) is 5.62. The van der Waals surface area contributed by atoms with Gasteiger partial charge in [0.1, 0.15) is 5.82 Å². The van der Waals surface area contributed by atoms with E-state index >= 15 is 0 Å². The van der Waals surface area contributed by atoms with E-state index in [4.69, 9.17) is 0 Å². The molecule has 35 heavy (non-hydrogen) atoms. The number of nitrogens with one attached hydrogen (secondary N) is 1. The molecule has 0 spiro atoms. The van der Waals surface area contributed by atoms with Crippen LogP contribution in [0.1, 0.15) is 48.8 Å². The number of hydrogen-bond donors (Lipinski definition) is 1. The first-order chi connectivity index (χ1) is 16.9. The second-order valence-corrected chi connectivity index (χ2v) is 12.1. The third-order valence-electron chi connectivity index (χ3n) is 7.79. The van der Waals surface area contributed by atoms with Crippen molar-refractivity contribution in [3.8, 4) is 0 Å². The molecule has 8 heteroatoms. The number of benzene rings is 2. The largest absolute Gasteiger partial charge is 0.353 e. The molecule has 0 saturated carbocycles. The molecule has 2 aromatic carbocycles. The van der Waals surface area contributed by atoms with E-state index in [2.05, 4.69) is 10.2 Å². The topological polar surface area (TPSA) is 69.7 Å². The average molecular weight is 500 g/mol. The number of amides is 1. The summed E-state index contributed by atoms with van der Waals surface area (Å²) in [5.74, 6) is -0.308. The lowest BCUT2D eigenvalue weighted by Crippen LogP contribution is -2.48. The number of likely N-dealkylation sites (tertiary alicyclic amines) is 1. The fourth-order valence-corrected chi connectivity index (χ4v) is 7.14. The molecule has 0 aromatic heterocycles. The number of carbonyl (C=O) groups is 1. The summed E-state index contributed by atoms with van der Waals surface area (Å²) in [6, 6.07) is 12.3. The Morgan fingerprint density at radius 3 is 2.31 bits per heavy atom. The molecule has 2 heterocycles. The Kier molecular flexibility index (Phi) is 7.23.